The molecule has 0 bridgehead atoms. The monoisotopic (exact) mass is 1130 g/mol. The van der Waals surface area contributed by atoms with Crippen LogP contribution in [0.3, 0.4) is 0 Å². The van der Waals surface area contributed by atoms with Gasteiger partial charge in [0.05, 0.1) is 75.0 Å². The number of nitrogens with one attached hydrogen (secondary N) is 4. The number of esters is 4. The van der Waals surface area contributed by atoms with Gasteiger partial charge in [-0.3, -0.25) is 19.2 Å². The van der Waals surface area contributed by atoms with Crippen molar-refractivity contribution < 1.29 is 57.7 Å². The van der Waals surface area contributed by atoms with E-state index in [0.29, 0.717) is 97.9 Å². The summed E-state index contributed by atoms with van der Waals surface area (Å²) in [7, 11) is 8.23. The van der Waals surface area contributed by atoms with Gasteiger partial charge in [0.25, 0.3) is 0 Å². The summed E-state index contributed by atoms with van der Waals surface area (Å²) in [6, 6.07) is 2.22. The normalized spacial score (nSPS) is 13.8. The molecule has 0 aromatic carbocycles. The molecule has 0 saturated heterocycles. The first-order valence-electron chi connectivity index (χ1n) is 29.7. The van der Waals surface area contributed by atoms with E-state index in [9.17, 15) is 19.2 Å². The molecule has 0 fully saturated rings. The Hall–Kier alpha value is -2.28. The van der Waals surface area contributed by atoms with Crippen LogP contribution in [-0.4, -0.2) is 129 Å². The lowest BCUT2D eigenvalue weighted by molar-refractivity contribution is -0.942. The predicted molar refractivity (Wildman–Crippen MR) is 339 cm³/mol. The fourth-order valence-electron chi connectivity index (χ4n) is 9.37. The van der Waals surface area contributed by atoms with Crippen LogP contribution in [0.15, 0.2) is 0 Å². The van der Waals surface area contributed by atoms with Gasteiger partial charge in [-0.15, -0.1) is 0 Å². The number of quaternary nitrogens is 4. The molecule has 0 spiro atoms. The predicted octanol–water partition coefficient (Wildman–Crippen LogP) is 10.4. The highest BCUT2D eigenvalue weighted by Crippen LogP contribution is 2.36. The van der Waals surface area contributed by atoms with Gasteiger partial charge < -0.3 is 38.5 Å². The van der Waals surface area contributed by atoms with E-state index in [1.54, 1.807) is 0 Å². The largest absolute Gasteiger partial charge is 0.459 e. The first kappa shape index (κ1) is 92.2. The topological polar surface area (TPSA) is 123 Å². The second kappa shape index (κ2) is 48.3. The summed E-state index contributed by atoms with van der Waals surface area (Å²) in [6.07, 6.45) is 3.61. The summed E-state index contributed by atoms with van der Waals surface area (Å²) in [6.45, 7) is 61.5. The highest BCUT2D eigenvalue weighted by molar-refractivity contribution is 5.77. The SMILES string of the molecule is C.C.C.C.CC(C)CC(C(=O)OCC[NH+](C(C)C)C(C)C)C(C)C.CC(C)CC(C(=O)OCC[NH+](C)C)C(C)C.CC(C)CC(C)(C(=O)OCC[NH+](C(C)C)C(C)C)C(C)C.CC(C)CC(C)(C(=O)OCC[NH+](C)C)C(C)C. The van der Waals surface area contributed by atoms with E-state index in [1.165, 1.54) is 19.6 Å². The zero-order valence-electron chi connectivity index (χ0n) is 54.8. The van der Waals surface area contributed by atoms with Crippen molar-refractivity contribution in [3.05, 3.63) is 0 Å². The van der Waals surface area contributed by atoms with Crippen LogP contribution < -0.4 is 19.6 Å². The zero-order valence-corrected chi connectivity index (χ0v) is 54.8. The quantitative estimate of drug-likeness (QED) is 0.0388. The highest BCUT2D eigenvalue weighted by Gasteiger charge is 2.40. The third-order valence-corrected chi connectivity index (χ3v) is 14.7. The van der Waals surface area contributed by atoms with Crippen molar-refractivity contribution in [2.45, 2.75) is 260 Å². The molecular formula is C66H148N4O8+4. The van der Waals surface area contributed by atoms with Gasteiger partial charge in [-0.25, -0.2) is 0 Å². The van der Waals surface area contributed by atoms with Gasteiger partial charge in [0.1, 0.15) is 52.6 Å². The first-order chi connectivity index (χ1) is 33.7. The van der Waals surface area contributed by atoms with E-state index in [2.05, 4.69) is 201 Å². The third kappa shape index (κ3) is 42.5. The maximum atomic E-state index is 12.5. The maximum Gasteiger partial charge on any atom is 0.312 e. The molecule has 0 saturated carbocycles. The molecule has 0 heterocycles. The highest BCUT2D eigenvalue weighted by atomic mass is 16.5. The fourth-order valence-corrected chi connectivity index (χ4v) is 9.37. The lowest BCUT2D eigenvalue weighted by Crippen LogP contribution is -3.18. The summed E-state index contributed by atoms with van der Waals surface area (Å²) >= 11 is 0. The first-order valence-corrected chi connectivity index (χ1v) is 29.7. The van der Waals surface area contributed by atoms with Crippen LogP contribution in [-0.2, 0) is 38.1 Å². The van der Waals surface area contributed by atoms with E-state index >= 15 is 0 Å². The summed E-state index contributed by atoms with van der Waals surface area (Å²) in [5, 5.41) is 0. The fraction of sp³-hybridized carbons (Fsp3) is 0.939. The molecule has 4 unspecified atom stereocenters. The molecule has 0 aliphatic heterocycles. The molecule has 4 atom stereocenters. The van der Waals surface area contributed by atoms with Crippen LogP contribution in [0.1, 0.15) is 235 Å². The van der Waals surface area contributed by atoms with Crippen LogP contribution in [0, 0.1) is 70.0 Å². The number of carbonyl (C=O) groups is 4. The Balaban J connectivity index is -0.000000138. The van der Waals surface area contributed by atoms with Crippen LogP contribution in [0.2, 0.25) is 0 Å². The maximum absolute atomic E-state index is 12.5. The Labute approximate surface area is 490 Å². The Kier molecular flexibility index (Phi) is 57.0. The van der Waals surface area contributed by atoms with Gasteiger partial charge in [0.2, 0.25) is 0 Å². The molecule has 0 radical (unpaired) electrons. The van der Waals surface area contributed by atoms with E-state index < -0.39 is 0 Å². The molecule has 0 rings (SSSR count). The minimum absolute atomic E-state index is 0. The molecule has 12 nitrogen and oxygen atoms in total. The summed E-state index contributed by atoms with van der Waals surface area (Å²) < 4.78 is 21.9. The molecule has 476 valence electrons. The summed E-state index contributed by atoms with van der Waals surface area (Å²) in [5.41, 5.74) is -0.722. The van der Waals surface area contributed by atoms with Gasteiger partial charge in [0, 0.05) is 0 Å². The number of hydrogen-bond donors (Lipinski definition) is 4. The van der Waals surface area contributed by atoms with Crippen molar-refractivity contribution in [3.63, 3.8) is 0 Å². The van der Waals surface area contributed by atoms with Crippen molar-refractivity contribution in [2.24, 2.45) is 70.0 Å². The number of hydrogen-bond acceptors (Lipinski definition) is 8. The van der Waals surface area contributed by atoms with Crippen LogP contribution in [0.4, 0.5) is 0 Å². The third-order valence-electron chi connectivity index (χ3n) is 14.7. The van der Waals surface area contributed by atoms with Crippen molar-refractivity contribution >= 4 is 23.9 Å². The van der Waals surface area contributed by atoms with E-state index in [-0.39, 0.29) is 76.2 Å². The molecule has 0 aromatic rings. The average Bonchev–Trinajstić information content (AvgIpc) is 3.23. The molecule has 0 amide bonds. The van der Waals surface area contributed by atoms with Gasteiger partial charge in [-0.2, -0.15) is 0 Å². The van der Waals surface area contributed by atoms with Crippen molar-refractivity contribution in [2.75, 3.05) is 80.8 Å². The number of carbonyl (C=O) groups excluding carboxylic acids is 4. The molecular weight excluding hydrogens is 977 g/mol. The van der Waals surface area contributed by atoms with Crippen molar-refractivity contribution in [1.29, 1.82) is 0 Å². The molecule has 0 aliphatic rings. The molecule has 0 aromatic heterocycles. The summed E-state index contributed by atoms with van der Waals surface area (Å²) in [4.78, 5) is 54.4. The average molecular weight is 1130 g/mol. The van der Waals surface area contributed by atoms with E-state index in [0.717, 1.165) is 51.9 Å². The van der Waals surface area contributed by atoms with Gasteiger partial charge in [0.15, 0.2) is 0 Å². The second-order valence-corrected chi connectivity index (χ2v) is 27.1. The van der Waals surface area contributed by atoms with Crippen LogP contribution in [0.5, 0.6) is 0 Å². The van der Waals surface area contributed by atoms with Crippen LogP contribution in [0.25, 0.3) is 0 Å². The van der Waals surface area contributed by atoms with E-state index in [4.69, 9.17) is 18.9 Å². The van der Waals surface area contributed by atoms with Crippen molar-refractivity contribution in [1.82, 2.24) is 0 Å². The smallest absolute Gasteiger partial charge is 0.312 e. The number of rotatable bonds is 32. The second-order valence-electron chi connectivity index (χ2n) is 27.1. The van der Waals surface area contributed by atoms with Crippen LogP contribution >= 0.6 is 0 Å². The van der Waals surface area contributed by atoms with E-state index in [1.807, 2.05) is 6.92 Å². The molecule has 78 heavy (non-hydrogen) atoms. The van der Waals surface area contributed by atoms with Gasteiger partial charge in [-0.1, -0.05) is 140 Å². The minimum atomic E-state index is -0.371. The molecule has 0 aliphatic carbocycles. The van der Waals surface area contributed by atoms with Gasteiger partial charge in [-0.05, 0) is 142 Å². The number of ether oxygens (including phenoxy) is 4. The minimum Gasteiger partial charge on any atom is -0.459 e. The standard InChI is InChI=1S/C18H37NO2.C17H35NO2.C14H29NO2.C13H27NO2.4CH4/c1-13(2)12-18(9,14(3)4)17(20)21-11-10-19(15(5)6)16(7)8;1-12(2)11-16(13(3)4)17(19)20-10-9-18(14(5)6)15(7)8;1-11(2)10-14(5,12(3)4)13(16)17-9-8-15(6)7;1-10(2)9-12(11(3)4)13(15)16-8-7-14(5)6;;;;/h13-16H,10-12H2,1-9H3;12-16H,9-11H2,1-8H3;11-12H,8-10H2,1-7H3;10-12H,7-9H2,1-6H3;4*1H4/p+4. The van der Waals surface area contributed by atoms with Crippen molar-refractivity contribution in [3.8, 4) is 0 Å². The Bertz CT molecular complexity index is 1430. The Morgan fingerprint density at radius 3 is 0.782 bits per heavy atom. The lowest BCUT2D eigenvalue weighted by Gasteiger charge is -2.33. The van der Waals surface area contributed by atoms with Gasteiger partial charge >= 0.3 is 23.9 Å². The number of likely N-dealkylation sites (N-methyl/N-ethyl adjacent to an activating group) is 2. The zero-order chi connectivity index (χ0) is 59.0. The molecule has 12 heteroatoms. The molecule has 4 N–H and O–H groups in total. The Morgan fingerprint density at radius 1 is 0.359 bits per heavy atom. The summed E-state index contributed by atoms with van der Waals surface area (Å²) in [5.74, 6) is 3.38. The lowest BCUT2D eigenvalue weighted by atomic mass is 9.73. The Morgan fingerprint density at radius 2 is 0.590 bits per heavy atom.